The summed E-state index contributed by atoms with van der Waals surface area (Å²) in [5, 5.41) is 2.90. The Bertz CT molecular complexity index is 1150. The van der Waals surface area contributed by atoms with Gasteiger partial charge in [-0.05, 0) is 80.3 Å². The first-order valence-corrected chi connectivity index (χ1v) is 10.6. The van der Waals surface area contributed by atoms with Gasteiger partial charge in [-0.25, -0.2) is 0 Å². The maximum atomic E-state index is 12.6. The minimum absolute atomic E-state index is 0.134. The SMILES string of the molecule is Cc1ccc(C)c(S(=O)(=O)Oc2ccc(C(=O)Nc3c(C)cccc3C)cc2)c1. The average molecular weight is 410 g/mol. The van der Waals surface area contributed by atoms with Crippen LogP contribution in [0.15, 0.2) is 65.6 Å². The van der Waals surface area contributed by atoms with Gasteiger partial charge in [-0.2, -0.15) is 8.42 Å². The highest BCUT2D eigenvalue weighted by atomic mass is 32.2. The number of carbonyl (C=O) groups is 1. The second-order valence-corrected chi connectivity index (χ2v) is 8.57. The van der Waals surface area contributed by atoms with E-state index in [0.717, 1.165) is 22.4 Å². The fourth-order valence-electron chi connectivity index (χ4n) is 3.01. The summed E-state index contributed by atoms with van der Waals surface area (Å²) in [5.74, 6) is -0.124. The zero-order valence-corrected chi connectivity index (χ0v) is 17.6. The quantitative estimate of drug-likeness (QED) is 0.606. The predicted molar refractivity (Wildman–Crippen MR) is 114 cm³/mol. The normalized spacial score (nSPS) is 11.2. The molecular weight excluding hydrogens is 386 g/mol. The molecule has 0 unspecified atom stereocenters. The largest absolute Gasteiger partial charge is 0.379 e. The van der Waals surface area contributed by atoms with Crippen LogP contribution in [0.3, 0.4) is 0 Å². The van der Waals surface area contributed by atoms with E-state index in [-0.39, 0.29) is 16.6 Å². The summed E-state index contributed by atoms with van der Waals surface area (Å²) in [4.78, 5) is 12.7. The molecule has 0 heterocycles. The number of amides is 1. The van der Waals surface area contributed by atoms with Crippen LogP contribution < -0.4 is 9.50 Å². The molecule has 0 atom stereocenters. The predicted octanol–water partition coefficient (Wildman–Crippen LogP) is 4.94. The molecule has 0 aromatic heterocycles. The van der Waals surface area contributed by atoms with E-state index in [1.807, 2.05) is 45.0 Å². The molecule has 0 bridgehead atoms. The number of rotatable bonds is 5. The van der Waals surface area contributed by atoms with Crippen LogP contribution in [0, 0.1) is 27.7 Å². The Morgan fingerprint density at radius 3 is 2.07 bits per heavy atom. The smallest absolute Gasteiger partial charge is 0.339 e. The molecule has 0 aliphatic rings. The van der Waals surface area contributed by atoms with Crippen LogP contribution in [0.2, 0.25) is 0 Å². The lowest BCUT2D eigenvalue weighted by Crippen LogP contribution is -2.14. The van der Waals surface area contributed by atoms with Crippen LogP contribution in [-0.4, -0.2) is 14.3 Å². The van der Waals surface area contributed by atoms with Gasteiger partial charge in [0, 0.05) is 11.3 Å². The molecule has 3 aromatic rings. The summed E-state index contributed by atoms with van der Waals surface area (Å²) in [6, 6.07) is 17.0. The van der Waals surface area contributed by atoms with E-state index < -0.39 is 10.1 Å². The first-order valence-electron chi connectivity index (χ1n) is 9.17. The van der Waals surface area contributed by atoms with Crippen LogP contribution in [0.25, 0.3) is 0 Å². The van der Waals surface area contributed by atoms with Gasteiger partial charge >= 0.3 is 10.1 Å². The third kappa shape index (κ3) is 4.66. The Kier molecular flexibility index (Phi) is 5.75. The van der Waals surface area contributed by atoms with Crippen LogP contribution in [0.5, 0.6) is 5.75 Å². The molecule has 0 spiro atoms. The van der Waals surface area contributed by atoms with Gasteiger partial charge in [-0.1, -0.05) is 30.3 Å². The molecule has 150 valence electrons. The number of hydrogen-bond acceptors (Lipinski definition) is 4. The van der Waals surface area contributed by atoms with Gasteiger partial charge < -0.3 is 9.50 Å². The Morgan fingerprint density at radius 2 is 1.45 bits per heavy atom. The maximum absolute atomic E-state index is 12.6. The first kappa shape index (κ1) is 20.6. The second-order valence-electron chi connectivity index (χ2n) is 7.05. The second kappa shape index (κ2) is 8.09. The van der Waals surface area contributed by atoms with E-state index >= 15 is 0 Å². The Hall–Kier alpha value is -3.12. The Labute approximate surface area is 171 Å². The summed E-state index contributed by atoms with van der Waals surface area (Å²) >= 11 is 0. The number of anilines is 1. The molecule has 0 saturated heterocycles. The highest BCUT2D eigenvalue weighted by Gasteiger charge is 2.20. The molecule has 3 aromatic carbocycles. The van der Waals surface area contributed by atoms with Gasteiger partial charge in [0.2, 0.25) is 0 Å². The van der Waals surface area contributed by atoms with E-state index in [4.69, 9.17) is 4.18 Å². The summed E-state index contributed by atoms with van der Waals surface area (Å²) in [7, 11) is -3.96. The number of para-hydroxylation sites is 1. The number of benzene rings is 3. The van der Waals surface area contributed by atoms with Crippen molar-refractivity contribution in [2.75, 3.05) is 5.32 Å². The van der Waals surface area contributed by atoms with Gasteiger partial charge in [0.25, 0.3) is 5.91 Å². The number of aryl methyl sites for hydroxylation is 4. The van der Waals surface area contributed by atoms with E-state index in [9.17, 15) is 13.2 Å². The van der Waals surface area contributed by atoms with Crippen molar-refractivity contribution in [2.45, 2.75) is 32.6 Å². The Balaban J connectivity index is 1.78. The van der Waals surface area contributed by atoms with Crippen LogP contribution in [-0.2, 0) is 10.1 Å². The topological polar surface area (TPSA) is 72.5 Å². The third-order valence-electron chi connectivity index (χ3n) is 4.66. The van der Waals surface area contributed by atoms with Gasteiger partial charge in [0.05, 0.1) is 0 Å². The molecule has 0 radical (unpaired) electrons. The lowest BCUT2D eigenvalue weighted by Gasteiger charge is -2.12. The maximum Gasteiger partial charge on any atom is 0.339 e. The zero-order valence-electron chi connectivity index (χ0n) is 16.8. The molecule has 0 fully saturated rings. The number of carbonyl (C=O) groups excluding carboxylic acids is 1. The minimum Gasteiger partial charge on any atom is -0.379 e. The minimum atomic E-state index is -3.96. The summed E-state index contributed by atoms with van der Waals surface area (Å²) in [6.07, 6.45) is 0. The fraction of sp³-hybridized carbons (Fsp3) is 0.174. The molecule has 1 N–H and O–H groups in total. The Morgan fingerprint density at radius 1 is 0.828 bits per heavy atom. The number of hydrogen-bond donors (Lipinski definition) is 1. The van der Waals surface area contributed by atoms with Crippen molar-refractivity contribution < 1.29 is 17.4 Å². The zero-order chi connectivity index (χ0) is 21.2. The van der Waals surface area contributed by atoms with Crippen LogP contribution in [0.4, 0.5) is 5.69 Å². The van der Waals surface area contributed by atoms with Crippen molar-refractivity contribution >= 4 is 21.7 Å². The molecule has 29 heavy (non-hydrogen) atoms. The molecule has 6 heteroatoms. The van der Waals surface area contributed by atoms with Crippen molar-refractivity contribution in [3.05, 3.63) is 88.5 Å². The first-order chi connectivity index (χ1) is 13.7. The van der Waals surface area contributed by atoms with Gasteiger partial charge in [-0.3, -0.25) is 4.79 Å². The highest BCUT2D eigenvalue weighted by molar-refractivity contribution is 7.87. The monoisotopic (exact) mass is 409 g/mol. The van der Waals surface area contributed by atoms with E-state index in [1.165, 1.54) is 24.3 Å². The summed E-state index contributed by atoms with van der Waals surface area (Å²) < 4.78 is 30.5. The van der Waals surface area contributed by atoms with Crippen molar-refractivity contribution in [1.29, 1.82) is 0 Å². The third-order valence-corrected chi connectivity index (χ3v) is 6.05. The van der Waals surface area contributed by atoms with Gasteiger partial charge in [0.15, 0.2) is 0 Å². The standard InChI is InChI=1S/C23H23NO4S/c1-15-8-9-16(2)21(14-15)29(26,27)28-20-12-10-19(11-13-20)23(25)24-22-17(3)6-5-7-18(22)4/h5-14H,1-4H3,(H,24,25). The summed E-state index contributed by atoms with van der Waals surface area (Å²) in [5.41, 5.74) is 4.56. The van der Waals surface area contributed by atoms with E-state index in [1.54, 1.807) is 19.1 Å². The van der Waals surface area contributed by atoms with Crippen molar-refractivity contribution in [3.8, 4) is 5.75 Å². The van der Waals surface area contributed by atoms with Crippen LogP contribution in [0.1, 0.15) is 32.6 Å². The average Bonchev–Trinajstić information content (AvgIpc) is 2.67. The van der Waals surface area contributed by atoms with E-state index in [0.29, 0.717) is 11.1 Å². The molecule has 1 amide bonds. The van der Waals surface area contributed by atoms with Crippen molar-refractivity contribution in [3.63, 3.8) is 0 Å². The number of nitrogens with one attached hydrogen (secondary N) is 1. The molecule has 3 rings (SSSR count). The van der Waals surface area contributed by atoms with Crippen molar-refractivity contribution in [1.82, 2.24) is 0 Å². The lowest BCUT2D eigenvalue weighted by molar-refractivity contribution is 0.102. The molecule has 0 aliphatic heterocycles. The fourth-order valence-corrected chi connectivity index (χ4v) is 4.25. The van der Waals surface area contributed by atoms with Gasteiger partial charge in [-0.15, -0.1) is 0 Å². The van der Waals surface area contributed by atoms with Gasteiger partial charge in [0.1, 0.15) is 10.6 Å². The molecular formula is C23H23NO4S. The lowest BCUT2D eigenvalue weighted by atomic mass is 10.1. The van der Waals surface area contributed by atoms with Crippen LogP contribution >= 0.6 is 0 Å². The molecule has 5 nitrogen and oxygen atoms in total. The molecule has 0 saturated carbocycles. The summed E-state index contributed by atoms with van der Waals surface area (Å²) in [6.45, 7) is 7.40. The van der Waals surface area contributed by atoms with E-state index in [2.05, 4.69) is 5.32 Å². The highest BCUT2D eigenvalue weighted by Crippen LogP contribution is 2.24. The molecule has 0 aliphatic carbocycles. The van der Waals surface area contributed by atoms with Crippen molar-refractivity contribution in [2.24, 2.45) is 0 Å².